The van der Waals surface area contributed by atoms with Gasteiger partial charge in [0.25, 0.3) is 0 Å². The predicted octanol–water partition coefficient (Wildman–Crippen LogP) is 3.05. The second-order valence-electron chi connectivity index (χ2n) is 5.85. The molecule has 2 heterocycles. The summed E-state index contributed by atoms with van der Waals surface area (Å²) in [5.41, 5.74) is 1.24. The quantitative estimate of drug-likeness (QED) is 0.893. The molecular weight excluding hydrogens is 306 g/mol. The van der Waals surface area contributed by atoms with E-state index in [9.17, 15) is 4.79 Å². The number of hydrogen-bond donors (Lipinski definition) is 2. The first kappa shape index (κ1) is 14.8. The summed E-state index contributed by atoms with van der Waals surface area (Å²) in [4.78, 5) is 16.8. The van der Waals surface area contributed by atoms with E-state index in [0.29, 0.717) is 0 Å². The lowest BCUT2D eigenvalue weighted by atomic mass is 9.92. The predicted molar refractivity (Wildman–Crippen MR) is 88.1 cm³/mol. The maximum Gasteiger partial charge on any atom is 0.229 e. The molecule has 2 aliphatic rings. The van der Waals surface area contributed by atoms with Crippen LogP contribution in [0.3, 0.4) is 0 Å². The summed E-state index contributed by atoms with van der Waals surface area (Å²) in [5.74, 6) is 0.350. The topological polar surface area (TPSA) is 54.0 Å². The van der Waals surface area contributed by atoms with Gasteiger partial charge in [0, 0.05) is 5.92 Å². The van der Waals surface area contributed by atoms with Crippen LogP contribution in [0.2, 0.25) is 0 Å². The third-order valence-corrected chi connectivity index (χ3v) is 5.58. The first-order chi connectivity index (χ1) is 9.77. The molecule has 1 spiro atoms. The van der Waals surface area contributed by atoms with Crippen LogP contribution in [0.4, 0.5) is 5.13 Å². The molecule has 21 heavy (non-hydrogen) atoms. The highest BCUT2D eigenvalue weighted by Gasteiger charge is 2.57. The van der Waals surface area contributed by atoms with Gasteiger partial charge in [0.2, 0.25) is 5.91 Å². The number of benzene rings is 1. The molecule has 1 saturated carbocycles. The Kier molecular flexibility index (Phi) is 3.90. The van der Waals surface area contributed by atoms with Gasteiger partial charge in [0.05, 0.1) is 10.2 Å². The summed E-state index contributed by atoms with van der Waals surface area (Å²) >= 11 is 1.55. The van der Waals surface area contributed by atoms with E-state index in [1.54, 1.807) is 11.3 Å². The monoisotopic (exact) mass is 323 g/mol. The Bertz CT molecular complexity index is 633. The van der Waals surface area contributed by atoms with Crippen molar-refractivity contribution in [1.82, 2.24) is 10.3 Å². The summed E-state index contributed by atoms with van der Waals surface area (Å²) in [6.45, 7) is 2.09. The largest absolute Gasteiger partial charge is 0.317 e. The van der Waals surface area contributed by atoms with Crippen LogP contribution in [0.15, 0.2) is 24.3 Å². The SMILES string of the molecule is Cl.O=C(Nc1nc2ccccc2s1)C1CC12CCNCC2. The van der Waals surface area contributed by atoms with Gasteiger partial charge in [-0.2, -0.15) is 0 Å². The van der Waals surface area contributed by atoms with Gasteiger partial charge in [-0.3, -0.25) is 4.79 Å². The average molecular weight is 324 g/mol. The molecule has 1 aromatic carbocycles. The second kappa shape index (κ2) is 5.55. The van der Waals surface area contributed by atoms with Crippen LogP contribution in [0, 0.1) is 11.3 Å². The number of anilines is 1. The fourth-order valence-corrected chi connectivity index (χ4v) is 4.18. The lowest BCUT2D eigenvalue weighted by molar-refractivity contribution is -0.118. The number of amides is 1. The first-order valence-corrected chi connectivity index (χ1v) is 7.96. The highest BCUT2D eigenvalue weighted by molar-refractivity contribution is 7.22. The number of fused-ring (bicyclic) bond motifs is 1. The van der Waals surface area contributed by atoms with E-state index in [4.69, 9.17) is 0 Å². The molecule has 2 aromatic rings. The minimum Gasteiger partial charge on any atom is -0.317 e. The Morgan fingerprint density at radius 3 is 2.86 bits per heavy atom. The van der Waals surface area contributed by atoms with Crippen LogP contribution in [0.25, 0.3) is 10.2 Å². The van der Waals surface area contributed by atoms with Crippen molar-refractivity contribution in [2.45, 2.75) is 19.3 Å². The average Bonchev–Trinajstić information content (AvgIpc) is 2.99. The van der Waals surface area contributed by atoms with Crippen molar-refractivity contribution in [2.24, 2.45) is 11.3 Å². The number of carbonyl (C=O) groups excluding carboxylic acids is 1. The molecular formula is C15H18ClN3OS. The Morgan fingerprint density at radius 1 is 1.33 bits per heavy atom. The molecule has 1 aromatic heterocycles. The number of nitrogens with one attached hydrogen (secondary N) is 2. The maximum absolute atomic E-state index is 12.4. The van der Waals surface area contributed by atoms with E-state index in [0.717, 1.165) is 47.7 Å². The molecule has 2 N–H and O–H groups in total. The van der Waals surface area contributed by atoms with Crippen LogP contribution in [0.5, 0.6) is 0 Å². The first-order valence-electron chi connectivity index (χ1n) is 7.14. The van der Waals surface area contributed by atoms with Crippen molar-refractivity contribution in [1.29, 1.82) is 0 Å². The smallest absolute Gasteiger partial charge is 0.229 e. The third kappa shape index (κ3) is 2.65. The molecule has 1 aliphatic carbocycles. The van der Waals surface area contributed by atoms with Crippen LogP contribution in [-0.2, 0) is 4.79 Å². The summed E-state index contributed by atoms with van der Waals surface area (Å²) in [5, 5.41) is 7.11. The van der Waals surface area contributed by atoms with E-state index >= 15 is 0 Å². The molecule has 2 fully saturated rings. The van der Waals surface area contributed by atoms with Crippen molar-refractivity contribution >= 4 is 45.0 Å². The van der Waals surface area contributed by atoms with Gasteiger partial charge in [-0.15, -0.1) is 12.4 Å². The van der Waals surface area contributed by atoms with Crippen LogP contribution >= 0.6 is 23.7 Å². The highest BCUT2D eigenvalue weighted by Crippen LogP contribution is 2.58. The number of nitrogens with zero attached hydrogens (tertiary/aromatic N) is 1. The van der Waals surface area contributed by atoms with E-state index in [1.165, 1.54) is 0 Å². The fraction of sp³-hybridized carbons (Fsp3) is 0.467. The molecule has 1 saturated heterocycles. The van der Waals surface area contributed by atoms with Gasteiger partial charge in [0.15, 0.2) is 5.13 Å². The Hall–Kier alpha value is -1.17. The summed E-state index contributed by atoms with van der Waals surface area (Å²) in [6.07, 6.45) is 3.31. The number of rotatable bonds is 2. The minimum atomic E-state index is 0. The van der Waals surface area contributed by atoms with Gasteiger partial charge in [-0.05, 0) is 49.9 Å². The van der Waals surface area contributed by atoms with Gasteiger partial charge >= 0.3 is 0 Å². The molecule has 1 amide bonds. The molecule has 4 nitrogen and oxygen atoms in total. The van der Waals surface area contributed by atoms with E-state index in [2.05, 4.69) is 15.6 Å². The normalized spacial score (nSPS) is 22.8. The Morgan fingerprint density at radius 2 is 2.10 bits per heavy atom. The number of aromatic nitrogens is 1. The standard InChI is InChI=1S/C15H17N3OS.ClH/c19-13(10-9-15(10)5-7-16-8-6-15)18-14-17-11-3-1-2-4-12(11)20-14;/h1-4,10,16H,5-9H2,(H,17,18,19);1H. The summed E-state index contributed by atoms with van der Waals surface area (Å²) in [6, 6.07) is 7.98. The third-order valence-electron chi connectivity index (χ3n) is 4.63. The van der Waals surface area contributed by atoms with Gasteiger partial charge in [-0.25, -0.2) is 4.98 Å². The zero-order valence-electron chi connectivity index (χ0n) is 11.6. The van der Waals surface area contributed by atoms with Gasteiger partial charge in [-0.1, -0.05) is 23.5 Å². The van der Waals surface area contributed by atoms with E-state index < -0.39 is 0 Å². The molecule has 1 unspecified atom stereocenters. The minimum absolute atomic E-state index is 0. The zero-order valence-corrected chi connectivity index (χ0v) is 13.2. The summed E-state index contributed by atoms with van der Waals surface area (Å²) in [7, 11) is 0. The second-order valence-corrected chi connectivity index (χ2v) is 6.88. The van der Waals surface area contributed by atoms with E-state index in [-0.39, 0.29) is 29.6 Å². The van der Waals surface area contributed by atoms with Crippen molar-refractivity contribution < 1.29 is 4.79 Å². The molecule has 0 radical (unpaired) electrons. The highest BCUT2D eigenvalue weighted by atomic mass is 35.5. The Balaban J connectivity index is 0.00000132. The molecule has 6 heteroatoms. The molecule has 0 bridgehead atoms. The lowest BCUT2D eigenvalue weighted by Gasteiger charge is -2.22. The number of hydrogen-bond acceptors (Lipinski definition) is 4. The number of para-hydroxylation sites is 1. The van der Waals surface area contributed by atoms with Crippen LogP contribution in [0.1, 0.15) is 19.3 Å². The Labute approximate surface area is 133 Å². The van der Waals surface area contributed by atoms with Crippen molar-refractivity contribution in [2.75, 3.05) is 18.4 Å². The maximum atomic E-state index is 12.4. The molecule has 4 rings (SSSR count). The van der Waals surface area contributed by atoms with Gasteiger partial charge in [0.1, 0.15) is 0 Å². The number of halogens is 1. The van der Waals surface area contributed by atoms with Crippen LogP contribution in [-0.4, -0.2) is 24.0 Å². The summed E-state index contributed by atoms with van der Waals surface area (Å²) < 4.78 is 1.12. The lowest BCUT2D eigenvalue weighted by Crippen LogP contribution is -2.31. The molecule has 112 valence electrons. The number of thiazole rings is 1. The number of piperidine rings is 1. The van der Waals surface area contributed by atoms with Gasteiger partial charge < -0.3 is 10.6 Å². The van der Waals surface area contributed by atoms with Crippen molar-refractivity contribution in [3.05, 3.63) is 24.3 Å². The van der Waals surface area contributed by atoms with Crippen molar-refractivity contribution in [3.8, 4) is 0 Å². The molecule has 1 atom stereocenters. The number of carbonyl (C=O) groups is 1. The van der Waals surface area contributed by atoms with Crippen LogP contribution < -0.4 is 10.6 Å². The fourth-order valence-electron chi connectivity index (χ4n) is 3.31. The van der Waals surface area contributed by atoms with Crippen molar-refractivity contribution in [3.63, 3.8) is 0 Å². The molecule has 1 aliphatic heterocycles. The van der Waals surface area contributed by atoms with E-state index in [1.807, 2.05) is 24.3 Å². The zero-order chi connectivity index (χ0) is 13.6.